The number of benzene rings is 2. The Morgan fingerprint density at radius 2 is 1.29 bits per heavy atom. The molecule has 192 valence electrons. The highest BCUT2D eigenvalue weighted by Crippen LogP contribution is 2.30. The minimum Gasteiger partial charge on any atom is -0.490 e. The monoisotopic (exact) mass is 513 g/mol. The van der Waals surface area contributed by atoms with E-state index >= 15 is 0 Å². The van der Waals surface area contributed by atoms with Crippen molar-refractivity contribution in [1.82, 2.24) is 0 Å². The number of piperidine rings is 1. The molecule has 1 saturated heterocycles. The predicted molar refractivity (Wildman–Crippen MR) is 126 cm³/mol. The van der Waals surface area contributed by atoms with E-state index in [9.17, 15) is 21.6 Å². The zero-order valence-electron chi connectivity index (χ0n) is 19.5. The summed E-state index contributed by atoms with van der Waals surface area (Å²) in [4.78, 5) is 2.43. The summed E-state index contributed by atoms with van der Waals surface area (Å²) in [5, 5.41) is 0. The molecular formula is C25H30F3NO5S. The van der Waals surface area contributed by atoms with Crippen LogP contribution in [0, 0.1) is 0 Å². The number of alkyl halides is 3. The summed E-state index contributed by atoms with van der Waals surface area (Å²) in [5.74, 6) is 0.456. The molecule has 0 aromatic heterocycles. The molecule has 0 radical (unpaired) electrons. The Kier molecular flexibility index (Phi) is 7.80. The van der Waals surface area contributed by atoms with Crippen molar-refractivity contribution in [1.29, 1.82) is 0 Å². The van der Waals surface area contributed by atoms with Gasteiger partial charge in [-0.1, -0.05) is 0 Å². The van der Waals surface area contributed by atoms with Crippen molar-refractivity contribution in [3.63, 3.8) is 0 Å². The van der Waals surface area contributed by atoms with Crippen LogP contribution in [0.15, 0.2) is 53.4 Å². The van der Waals surface area contributed by atoms with Gasteiger partial charge in [0.25, 0.3) is 0 Å². The van der Waals surface area contributed by atoms with Gasteiger partial charge in [0.05, 0.1) is 23.2 Å². The van der Waals surface area contributed by atoms with Gasteiger partial charge in [-0.2, -0.15) is 0 Å². The lowest BCUT2D eigenvalue weighted by molar-refractivity contribution is -0.274. The minimum atomic E-state index is -4.69. The summed E-state index contributed by atoms with van der Waals surface area (Å²) in [6.07, 6.45) is 2.25. The molecule has 6 nitrogen and oxygen atoms in total. The summed E-state index contributed by atoms with van der Waals surface area (Å²) >= 11 is 0. The summed E-state index contributed by atoms with van der Waals surface area (Å²) in [6, 6.07) is 12.5. The number of sulfone groups is 1. The first-order chi connectivity index (χ1) is 16.5. The van der Waals surface area contributed by atoms with E-state index in [0.717, 1.165) is 57.3 Å². The van der Waals surface area contributed by atoms with E-state index in [2.05, 4.69) is 9.64 Å². The van der Waals surface area contributed by atoms with E-state index in [4.69, 9.17) is 9.47 Å². The standard InChI is InChI=1S/C25H30F3NO5S/c1-35(30,31)24-12-10-21(11-13-24)32-19-6-8-20(9-7-19)33-22-14-16-29(17-15-22)18-2-4-23(5-3-18)34-25(26,27)28/h2-5,10-13,19-20,22H,6-9,14-17H2,1H3. The second-order valence-corrected chi connectivity index (χ2v) is 11.1. The SMILES string of the molecule is CS(=O)(=O)c1ccc(OC2CCC(OC3CCN(c4ccc(OC(F)(F)F)cc4)CC3)CC2)cc1. The molecule has 2 aromatic rings. The molecule has 0 N–H and O–H groups in total. The second kappa shape index (κ2) is 10.7. The number of hydrogen-bond acceptors (Lipinski definition) is 6. The van der Waals surface area contributed by atoms with Gasteiger partial charge in [0, 0.05) is 25.0 Å². The lowest BCUT2D eigenvalue weighted by atomic mass is 9.94. The van der Waals surface area contributed by atoms with Gasteiger partial charge in [-0.05, 0) is 87.1 Å². The van der Waals surface area contributed by atoms with Crippen LogP contribution >= 0.6 is 0 Å². The van der Waals surface area contributed by atoms with Crippen LogP contribution in [0.2, 0.25) is 0 Å². The van der Waals surface area contributed by atoms with Gasteiger partial charge in [-0.15, -0.1) is 13.2 Å². The van der Waals surface area contributed by atoms with E-state index in [-0.39, 0.29) is 29.0 Å². The molecule has 2 aromatic carbocycles. The smallest absolute Gasteiger partial charge is 0.490 e. The summed E-state index contributed by atoms with van der Waals surface area (Å²) in [5.41, 5.74) is 0.875. The molecule has 35 heavy (non-hydrogen) atoms. The average molecular weight is 514 g/mol. The topological polar surface area (TPSA) is 65.1 Å². The Hall–Kier alpha value is -2.46. The fourth-order valence-corrected chi connectivity index (χ4v) is 5.26. The van der Waals surface area contributed by atoms with E-state index in [1.165, 1.54) is 18.4 Å². The van der Waals surface area contributed by atoms with Crippen molar-refractivity contribution in [2.45, 2.75) is 68.1 Å². The second-order valence-electron chi connectivity index (χ2n) is 9.12. The molecule has 2 fully saturated rings. The van der Waals surface area contributed by atoms with Gasteiger partial charge in [-0.3, -0.25) is 0 Å². The number of anilines is 1. The Morgan fingerprint density at radius 1 is 0.771 bits per heavy atom. The first-order valence-electron chi connectivity index (χ1n) is 11.8. The molecule has 10 heteroatoms. The Labute approximate surface area is 203 Å². The van der Waals surface area contributed by atoms with Crippen LogP contribution in [0.4, 0.5) is 18.9 Å². The van der Waals surface area contributed by atoms with E-state index in [0.29, 0.717) is 5.75 Å². The molecule has 4 rings (SSSR count). The Balaban J connectivity index is 1.18. The average Bonchev–Trinajstić information content (AvgIpc) is 2.80. The molecule has 0 atom stereocenters. The van der Waals surface area contributed by atoms with Crippen molar-refractivity contribution >= 4 is 15.5 Å². The lowest BCUT2D eigenvalue weighted by Crippen LogP contribution is -2.39. The molecule has 0 amide bonds. The highest BCUT2D eigenvalue weighted by Gasteiger charge is 2.31. The van der Waals surface area contributed by atoms with Crippen LogP contribution in [0.5, 0.6) is 11.5 Å². The van der Waals surface area contributed by atoms with Crippen LogP contribution in [0.1, 0.15) is 38.5 Å². The third kappa shape index (κ3) is 7.51. The van der Waals surface area contributed by atoms with Gasteiger partial charge in [0.2, 0.25) is 0 Å². The van der Waals surface area contributed by atoms with Crippen LogP contribution in [0.3, 0.4) is 0 Å². The van der Waals surface area contributed by atoms with Gasteiger partial charge in [0.1, 0.15) is 11.5 Å². The Morgan fingerprint density at radius 3 is 1.83 bits per heavy atom. The third-order valence-electron chi connectivity index (χ3n) is 6.44. The molecular weight excluding hydrogens is 483 g/mol. The molecule has 0 unspecified atom stereocenters. The summed E-state index contributed by atoms with van der Waals surface area (Å²) in [6.45, 7) is 1.57. The van der Waals surface area contributed by atoms with Gasteiger partial charge in [-0.25, -0.2) is 8.42 Å². The minimum absolute atomic E-state index is 0.0880. The number of hydrogen-bond donors (Lipinski definition) is 0. The first kappa shape index (κ1) is 25.6. The van der Waals surface area contributed by atoms with Crippen molar-refractivity contribution in [3.05, 3.63) is 48.5 Å². The number of halogens is 3. The molecule has 0 bridgehead atoms. The predicted octanol–water partition coefficient (Wildman–Crippen LogP) is 5.36. The number of nitrogens with zero attached hydrogens (tertiary/aromatic N) is 1. The van der Waals surface area contributed by atoms with Gasteiger partial charge in [0.15, 0.2) is 9.84 Å². The first-order valence-corrected chi connectivity index (χ1v) is 13.7. The molecule has 1 aliphatic heterocycles. The quantitative estimate of drug-likeness (QED) is 0.497. The van der Waals surface area contributed by atoms with Crippen molar-refractivity contribution in [3.8, 4) is 11.5 Å². The van der Waals surface area contributed by atoms with Crippen molar-refractivity contribution < 1.29 is 35.8 Å². The zero-order chi connectivity index (χ0) is 25.1. The highest BCUT2D eigenvalue weighted by atomic mass is 32.2. The maximum Gasteiger partial charge on any atom is 0.573 e. The number of ether oxygens (including phenoxy) is 3. The maximum atomic E-state index is 12.3. The van der Waals surface area contributed by atoms with Crippen molar-refractivity contribution in [2.75, 3.05) is 24.2 Å². The number of rotatable bonds is 7. The van der Waals surface area contributed by atoms with Crippen LogP contribution in [-0.2, 0) is 14.6 Å². The Bertz CT molecular complexity index is 1060. The van der Waals surface area contributed by atoms with E-state index < -0.39 is 16.2 Å². The largest absolute Gasteiger partial charge is 0.573 e. The van der Waals surface area contributed by atoms with Crippen molar-refractivity contribution in [2.24, 2.45) is 0 Å². The molecule has 1 saturated carbocycles. The van der Waals surface area contributed by atoms with Crippen LogP contribution in [-0.4, -0.2) is 52.4 Å². The fraction of sp³-hybridized carbons (Fsp3) is 0.520. The zero-order valence-corrected chi connectivity index (χ0v) is 20.4. The molecule has 0 spiro atoms. The fourth-order valence-electron chi connectivity index (χ4n) is 4.62. The molecule has 1 aliphatic carbocycles. The molecule has 2 aliphatic rings. The van der Waals surface area contributed by atoms with E-state index in [1.807, 2.05) is 0 Å². The maximum absolute atomic E-state index is 12.3. The van der Waals surface area contributed by atoms with Gasteiger partial charge >= 0.3 is 6.36 Å². The third-order valence-corrected chi connectivity index (χ3v) is 7.57. The van der Waals surface area contributed by atoms with Gasteiger partial charge < -0.3 is 19.1 Å². The highest BCUT2D eigenvalue weighted by molar-refractivity contribution is 7.90. The van der Waals surface area contributed by atoms with E-state index in [1.54, 1.807) is 36.4 Å². The molecule has 1 heterocycles. The summed E-state index contributed by atoms with van der Waals surface area (Å²) < 4.78 is 76.5. The van der Waals surface area contributed by atoms with Crippen LogP contribution < -0.4 is 14.4 Å². The normalized spacial score (nSPS) is 22.1. The lowest BCUT2D eigenvalue weighted by Gasteiger charge is -2.37. The summed E-state index contributed by atoms with van der Waals surface area (Å²) in [7, 11) is -3.22. The van der Waals surface area contributed by atoms with Crippen LogP contribution in [0.25, 0.3) is 0 Å².